The minimum absolute atomic E-state index is 0.149. The van der Waals surface area contributed by atoms with E-state index in [1.807, 2.05) is 27.0 Å². The Morgan fingerprint density at radius 1 is 1.20 bits per heavy atom. The van der Waals surface area contributed by atoms with Crippen molar-refractivity contribution >= 4 is 16.6 Å². The van der Waals surface area contributed by atoms with Crippen LogP contribution >= 0.6 is 0 Å². The predicted molar refractivity (Wildman–Crippen MR) is 91.5 cm³/mol. The van der Waals surface area contributed by atoms with Crippen LogP contribution in [0.15, 0.2) is 35.5 Å². The second-order valence-corrected chi connectivity index (χ2v) is 7.09. The molecular weight excluding hydrogens is 323 g/mol. The molecule has 128 valence electrons. The van der Waals surface area contributed by atoms with Gasteiger partial charge in [0.05, 0.1) is 22.8 Å². The van der Waals surface area contributed by atoms with Gasteiger partial charge in [-0.1, -0.05) is 26.0 Å². The van der Waals surface area contributed by atoms with Crippen LogP contribution in [0.2, 0.25) is 0 Å². The summed E-state index contributed by atoms with van der Waals surface area (Å²) in [7, 11) is 1.63. The van der Waals surface area contributed by atoms with Crippen molar-refractivity contribution in [3.8, 4) is 5.82 Å². The molecule has 0 unspecified atom stereocenters. The van der Waals surface area contributed by atoms with Crippen molar-refractivity contribution in [3.63, 3.8) is 0 Å². The van der Waals surface area contributed by atoms with Gasteiger partial charge in [-0.05, 0) is 18.2 Å². The Bertz CT molecular complexity index is 1180. The summed E-state index contributed by atoms with van der Waals surface area (Å²) in [6.07, 6.45) is 3.41. The van der Waals surface area contributed by atoms with Crippen molar-refractivity contribution in [3.05, 3.63) is 52.6 Å². The molecule has 3 heterocycles. The largest absolute Gasteiger partial charge is 0.294 e. The van der Waals surface area contributed by atoms with Gasteiger partial charge in [-0.25, -0.2) is 9.37 Å². The molecule has 0 spiro atoms. The first-order chi connectivity index (χ1) is 11.8. The van der Waals surface area contributed by atoms with Crippen LogP contribution in [0.1, 0.15) is 26.5 Å². The lowest BCUT2D eigenvalue weighted by Crippen LogP contribution is -2.20. The summed E-state index contributed by atoms with van der Waals surface area (Å²) in [6.45, 7) is 6.14. The van der Waals surface area contributed by atoms with Crippen molar-refractivity contribution < 1.29 is 4.39 Å². The van der Waals surface area contributed by atoms with E-state index in [0.717, 1.165) is 5.69 Å². The maximum Gasteiger partial charge on any atom is 0.261 e. The van der Waals surface area contributed by atoms with E-state index in [-0.39, 0.29) is 11.0 Å². The number of aromatic nitrogens is 6. The Labute approximate surface area is 142 Å². The average molecular weight is 340 g/mol. The molecule has 0 saturated carbocycles. The van der Waals surface area contributed by atoms with Crippen molar-refractivity contribution in [2.75, 3.05) is 0 Å². The van der Waals surface area contributed by atoms with Crippen LogP contribution in [0.5, 0.6) is 0 Å². The summed E-state index contributed by atoms with van der Waals surface area (Å²) in [5.74, 6) is 0.0456. The number of nitrogens with zero attached hydrogens (tertiary/aromatic N) is 6. The van der Waals surface area contributed by atoms with E-state index >= 15 is 0 Å². The van der Waals surface area contributed by atoms with E-state index in [9.17, 15) is 9.18 Å². The highest BCUT2D eigenvalue weighted by molar-refractivity contribution is 5.82. The van der Waals surface area contributed by atoms with Gasteiger partial charge in [0, 0.05) is 12.5 Å². The number of fused-ring (bicyclic) bond motifs is 3. The fraction of sp³-hybridized carbons (Fsp3) is 0.294. The number of rotatable bonds is 1. The van der Waals surface area contributed by atoms with Crippen LogP contribution in [0, 0.1) is 5.82 Å². The first-order valence-corrected chi connectivity index (χ1v) is 7.86. The van der Waals surface area contributed by atoms with Crippen LogP contribution in [-0.4, -0.2) is 28.9 Å². The highest BCUT2D eigenvalue weighted by atomic mass is 19.1. The van der Waals surface area contributed by atoms with Crippen molar-refractivity contribution in [2.45, 2.75) is 26.2 Å². The van der Waals surface area contributed by atoms with Gasteiger partial charge in [0.1, 0.15) is 12.1 Å². The summed E-state index contributed by atoms with van der Waals surface area (Å²) in [6, 6.07) is 4.14. The van der Waals surface area contributed by atoms with Crippen molar-refractivity contribution in [2.24, 2.45) is 7.05 Å². The molecule has 0 amide bonds. The van der Waals surface area contributed by atoms with Gasteiger partial charge >= 0.3 is 0 Å². The standard InChI is InChI=1S/C17H17FN6O/c1-17(2,3)13-8-24(21-20-13)14-15-22(4)16(25)11-7-10(18)5-6-12(11)23(15)9-19-14/h5-9H,1-4H3. The normalized spacial score (nSPS) is 12.4. The van der Waals surface area contributed by atoms with Crippen molar-refractivity contribution in [1.29, 1.82) is 0 Å². The maximum absolute atomic E-state index is 13.5. The minimum Gasteiger partial charge on any atom is -0.294 e. The predicted octanol–water partition coefficient (Wildman–Crippen LogP) is 2.20. The molecule has 0 fully saturated rings. The van der Waals surface area contributed by atoms with Gasteiger partial charge in [-0.2, -0.15) is 4.68 Å². The lowest BCUT2D eigenvalue weighted by atomic mass is 9.93. The third-order valence-corrected chi connectivity index (χ3v) is 4.27. The minimum atomic E-state index is -0.449. The molecule has 1 aromatic carbocycles. The van der Waals surface area contributed by atoms with Gasteiger partial charge < -0.3 is 0 Å². The lowest BCUT2D eigenvalue weighted by Gasteiger charge is -2.12. The van der Waals surface area contributed by atoms with Crippen LogP contribution in [0.3, 0.4) is 0 Å². The fourth-order valence-corrected chi connectivity index (χ4v) is 2.86. The molecule has 3 aromatic heterocycles. The number of hydrogen-bond acceptors (Lipinski definition) is 4. The first-order valence-electron chi connectivity index (χ1n) is 7.86. The summed E-state index contributed by atoms with van der Waals surface area (Å²) < 4.78 is 18.3. The number of halogens is 1. The summed E-state index contributed by atoms with van der Waals surface area (Å²) >= 11 is 0. The van der Waals surface area contributed by atoms with Gasteiger partial charge in [0.2, 0.25) is 0 Å². The third kappa shape index (κ3) is 2.25. The zero-order valence-corrected chi connectivity index (χ0v) is 14.4. The first kappa shape index (κ1) is 15.5. The summed E-state index contributed by atoms with van der Waals surface area (Å²) in [5, 5.41) is 8.66. The Kier molecular flexibility index (Phi) is 3.09. The molecule has 0 bridgehead atoms. The molecule has 8 heteroatoms. The Balaban J connectivity index is 2.05. The zero-order chi connectivity index (χ0) is 17.9. The number of imidazole rings is 1. The number of hydrogen-bond donors (Lipinski definition) is 0. The molecule has 0 saturated heterocycles. The smallest absolute Gasteiger partial charge is 0.261 e. The fourth-order valence-electron chi connectivity index (χ4n) is 2.86. The molecule has 0 N–H and O–H groups in total. The Morgan fingerprint density at radius 2 is 1.96 bits per heavy atom. The van der Waals surface area contributed by atoms with Crippen LogP contribution in [-0.2, 0) is 12.5 Å². The summed E-state index contributed by atoms with van der Waals surface area (Å²) in [4.78, 5) is 17.1. The molecule has 0 aliphatic rings. The van der Waals surface area contributed by atoms with E-state index in [2.05, 4.69) is 15.3 Å². The van der Waals surface area contributed by atoms with E-state index < -0.39 is 5.82 Å². The number of aryl methyl sites for hydroxylation is 1. The zero-order valence-electron chi connectivity index (χ0n) is 14.4. The SMILES string of the molecule is Cn1c(=O)c2cc(F)ccc2n2cnc(-n3cc(C(C)(C)C)nn3)c12. The second kappa shape index (κ2) is 4.98. The van der Waals surface area contributed by atoms with Crippen molar-refractivity contribution in [1.82, 2.24) is 28.9 Å². The van der Waals surface area contributed by atoms with E-state index in [1.165, 1.54) is 16.7 Å². The molecule has 4 rings (SSSR count). The molecular formula is C17H17FN6O. The highest BCUT2D eigenvalue weighted by Gasteiger charge is 2.21. The van der Waals surface area contributed by atoms with Crippen LogP contribution < -0.4 is 5.56 Å². The number of benzene rings is 1. The third-order valence-electron chi connectivity index (χ3n) is 4.27. The van der Waals surface area contributed by atoms with Crippen LogP contribution in [0.4, 0.5) is 4.39 Å². The maximum atomic E-state index is 13.5. The Hall–Kier alpha value is -3.03. The Morgan fingerprint density at radius 3 is 2.64 bits per heavy atom. The molecule has 7 nitrogen and oxygen atoms in total. The summed E-state index contributed by atoms with van der Waals surface area (Å²) in [5.41, 5.74) is 1.54. The molecule has 4 aromatic rings. The molecule has 0 radical (unpaired) electrons. The van der Waals surface area contributed by atoms with E-state index in [4.69, 9.17) is 0 Å². The van der Waals surface area contributed by atoms with Crippen LogP contribution in [0.25, 0.3) is 22.4 Å². The van der Waals surface area contributed by atoms with Gasteiger partial charge in [0.25, 0.3) is 5.56 Å². The molecule has 0 atom stereocenters. The van der Waals surface area contributed by atoms with E-state index in [0.29, 0.717) is 22.4 Å². The highest BCUT2D eigenvalue weighted by Crippen LogP contribution is 2.22. The van der Waals surface area contributed by atoms with Gasteiger partial charge in [-0.15, -0.1) is 5.10 Å². The monoisotopic (exact) mass is 340 g/mol. The second-order valence-electron chi connectivity index (χ2n) is 7.09. The van der Waals surface area contributed by atoms with E-state index in [1.54, 1.807) is 28.5 Å². The van der Waals surface area contributed by atoms with Gasteiger partial charge in [0.15, 0.2) is 11.5 Å². The molecule has 0 aliphatic heterocycles. The molecule has 25 heavy (non-hydrogen) atoms. The topological polar surface area (TPSA) is 70.0 Å². The average Bonchev–Trinajstić information content (AvgIpc) is 3.18. The molecule has 0 aliphatic carbocycles. The van der Waals surface area contributed by atoms with Gasteiger partial charge in [-0.3, -0.25) is 13.8 Å². The lowest BCUT2D eigenvalue weighted by molar-refractivity contribution is 0.566. The quantitative estimate of drug-likeness (QED) is 0.533.